The van der Waals surface area contributed by atoms with Crippen molar-refractivity contribution in [2.45, 2.75) is 43.9 Å². The van der Waals surface area contributed by atoms with Crippen molar-refractivity contribution in [3.05, 3.63) is 23.8 Å². The maximum Gasteiger partial charge on any atom is 0.254 e. The van der Waals surface area contributed by atoms with E-state index in [2.05, 4.69) is 8.75 Å². The number of alkyl halides is 1. The number of fused-ring (bicyclic) bond motifs is 3. The normalized spacial score (nSPS) is 29.1. The molecule has 1 amide bonds. The van der Waals surface area contributed by atoms with Gasteiger partial charge in [-0.3, -0.25) is 4.79 Å². The molecule has 0 radical (unpaired) electrons. The van der Waals surface area contributed by atoms with Gasteiger partial charge in [-0.25, -0.2) is 4.39 Å². The van der Waals surface area contributed by atoms with Gasteiger partial charge in [-0.05, 0) is 43.9 Å². The lowest BCUT2D eigenvalue weighted by Gasteiger charge is -2.36. The highest BCUT2D eigenvalue weighted by molar-refractivity contribution is 7.00. The lowest BCUT2D eigenvalue weighted by atomic mass is 9.99. The molecule has 6 heteroatoms. The summed E-state index contributed by atoms with van der Waals surface area (Å²) in [5.74, 6) is 0.0132. The number of amides is 1. The zero-order chi connectivity index (χ0) is 13.7. The number of hydrogen-bond donors (Lipinski definition) is 0. The van der Waals surface area contributed by atoms with Gasteiger partial charge in [0.25, 0.3) is 5.91 Å². The van der Waals surface area contributed by atoms with Crippen LogP contribution in [0, 0.1) is 0 Å². The Balaban J connectivity index is 1.66. The zero-order valence-corrected chi connectivity index (χ0v) is 11.6. The van der Waals surface area contributed by atoms with Gasteiger partial charge >= 0.3 is 0 Å². The maximum absolute atomic E-state index is 13.6. The average Bonchev–Trinajstić information content (AvgIpc) is 3.00. The van der Waals surface area contributed by atoms with Gasteiger partial charge in [0, 0.05) is 17.6 Å². The zero-order valence-electron chi connectivity index (χ0n) is 10.8. The van der Waals surface area contributed by atoms with E-state index in [1.165, 1.54) is 0 Å². The lowest BCUT2D eigenvalue weighted by Crippen LogP contribution is -2.47. The second-order valence-electron chi connectivity index (χ2n) is 5.63. The van der Waals surface area contributed by atoms with Gasteiger partial charge in [0.2, 0.25) is 0 Å². The van der Waals surface area contributed by atoms with Gasteiger partial charge in [-0.2, -0.15) is 8.75 Å². The molecule has 2 aromatic rings. The summed E-state index contributed by atoms with van der Waals surface area (Å²) in [7, 11) is 0. The van der Waals surface area contributed by atoms with Crippen molar-refractivity contribution in [2.24, 2.45) is 0 Å². The van der Waals surface area contributed by atoms with Crippen LogP contribution >= 0.6 is 11.7 Å². The molecule has 4 nitrogen and oxygen atoms in total. The minimum atomic E-state index is -0.748. The third kappa shape index (κ3) is 1.82. The SMILES string of the molecule is O=C(c1ccc2nsnc2c1)N1C2CCC1CC(F)C2. The summed E-state index contributed by atoms with van der Waals surface area (Å²) in [4.78, 5) is 14.6. The van der Waals surface area contributed by atoms with Crippen LogP contribution in [0.15, 0.2) is 18.2 Å². The van der Waals surface area contributed by atoms with Crippen molar-refractivity contribution in [1.82, 2.24) is 13.6 Å². The fraction of sp³-hybridized carbons (Fsp3) is 0.500. The van der Waals surface area contributed by atoms with Crippen LogP contribution in [0.25, 0.3) is 11.0 Å². The number of carbonyl (C=O) groups is 1. The summed E-state index contributed by atoms with van der Waals surface area (Å²) in [6.07, 6.45) is 2.09. The summed E-state index contributed by atoms with van der Waals surface area (Å²) in [6.45, 7) is 0. The first kappa shape index (κ1) is 12.2. The molecule has 4 rings (SSSR count). The van der Waals surface area contributed by atoms with E-state index in [1.807, 2.05) is 11.0 Å². The highest BCUT2D eigenvalue weighted by Crippen LogP contribution is 2.38. The van der Waals surface area contributed by atoms with Crippen molar-refractivity contribution >= 4 is 28.7 Å². The van der Waals surface area contributed by atoms with Crippen molar-refractivity contribution in [3.8, 4) is 0 Å². The number of piperidine rings is 1. The molecular weight excluding hydrogens is 277 g/mol. The highest BCUT2D eigenvalue weighted by Gasteiger charge is 2.43. The van der Waals surface area contributed by atoms with E-state index < -0.39 is 6.17 Å². The summed E-state index contributed by atoms with van der Waals surface area (Å²) < 4.78 is 21.9. The third-order valence-electron chi connectivity index (χ3n) is 4.41. The van der Waals surface area contributed by atoms with Gasteiger partial charge in [-0.1, -0.05) is 0 Å². The van der Waals surface area contributed by atoms with Crippen LogP contribution in [0.4, 0.5) is 4.39 Å². The topological polar surface area (TPSA) is 46.1 Å². The van der Waals surface area contributed by atoms with Crippen LogP contribution < -0.4 is 0 Å². The molecule has 2 aliphatic rings. The summed E-state index contributed by atoms with van der Waals surface area (Å²) >= 11 is 1.15. The maximum atomic E-state index is 13.6. The Morgan fingerprint density at radius 3 is 2.65 bits per heavy atom. The lowest BCUT2D eigenvalue weighted by molar-refractivity contribution is 0.0479. The van der Waals surface area contributed by atoms with Crippen molar-refractivity contribution in [1.29, 1.82) is 0 Å². The molecule has 3 heterocycles. The second-order valence-corrected chi connectivity index (χ2v) is 6.16. The number of benzene rings is 1. The standard InChI is InChI=1S/C14H14FN3OS/c15-9-6-10-2-3-11(7-9)18(10)14(19)8-1-4-12-13(5-8)17-20-16-12/h1,4-5,9-11H,2-3,6-7H2. The Hall–Kier alpha value is -1.56. The fourth-order valence-electron chi connectivity index (χ4n) is 3.51. The van der Waals surface area contributed by atoms with Crippen LogP contribution in [-0.4, -0.2) is 37.8 Å². The molecule has 2 saturated heterocycles. The Bertz CT molecular complexity index is 659. The summed E-state index contributed by atoms with van der Waals surface area (Å²) in [5.41, 5.74) is 2.21. The van der Waals surface area contributed by atoms with Crippen LogP contribution in [0.5, 0.6) is 0 Å². The van der Waals surface area contributed by atoms with Gasteiger partial charge < -0.3 is 4.90 Å². The molecule has 2 bridgehead atoms. The highest BCUT2D eigenvalue weighted by atomic mass is 32.1. The first-order chi connectivity index (χ1) is 9.72. The van der Waals surface area contributed by atoms with E-state index in [-0.39, 0.29) is 18.0 Å². The number of rotatable bonds is 1. The molecular formula is C14H14FN3OS. The largest absolute Gasteiger partial charge is 0.332 e. The molecule has 0 N–H and O–H groups in total. The molecule has 2 atom stereocenters. The summed E-state index contributed by atoms with van der Waals surface area (Å²) in [6, 6.07) is 5.56. The number of aromatic nitrogens is 2. The smallest absolute Gasteiger partial charge is 0.254 e. The molecule has 1 aromatic carbocycles. The Labute approximate surface area is 119 Å². The van der Waals surface area contributed by atoms with Gasteiger partial charge in [0.15, 0.2) is 0 Å². The predicted molar refractivity (Wildman–Crippen MR) is 74.5 cm³/mol. The average molecular weight is 291 g/mol. The van der Waals surface area contributed by atoms with E-state index in [0.29, 0.717) is 18.4 Å². The molecule has 0 aliphatic carbocycles. The van der Waals surface area contributed by atoms with Gasteiger partial charge in [0.05, 0.1) is 11.7 Å². The van der Waals surface area contributed by atoms with Crippen LogP contribution in [0.1, 0.15) is 36.0 Å². The Kier molecular flexibility index (Phi) is 2.73. The van der Waals surface area contributed by atoms with Crippen LogP contribution in [-0.2, 0) is 0 Å². The molecule has 20 heavy (non-hydrogen) atoms. The van der Waals surface area contributed by atoms with Crippen molar-refractivity contribution in [3.63, 3.8) is 0 Å². The molecule has 2 unspecified atom stereocenters. The number of nitrogens with zero attached hydrogens (tertiary/aromatic N) is 3. The predicted octanol–water partition coefficient (Wildman–Crippen LogP) is 2.80. The van der Waals surface area contributed by atoms with Crippen molar-refractivity contribution < 1.29 is 9.18 Å². The van der Waals surface area contributed by atoms with Crippen LogP contribution in [0.3, 0.4) is 0 Å². The van der Waals surface area contributed by atoms with E-state index in [9.17, 15) is 9.18 Å². The van der Waals surface area contributed by atoms with Gasteiger partial charge in [-0.15, -0.1) is 0 Å². The molecule has 0 spiro atoms. The number of halogens is 1. The first-order valence-corrected chi connectivity index (χ1v) is 7.64. The third-order valence-corrected chi connectivity index (χ3v) is 4.97. The van der Waals surface area contributed by atoms with Crippen molar-refractivity contribution in [2.75, 3.05) is 0 Å². The Morgan fingerprint density at radius 2 is 1.90 bits per heavy atom. The number of hydrogen-bond acceptors (Lipinski definition) is 4. The molecule has 104 valence electrons. The monoisotopic (exact) mass is 291 g/mol. The molecule has 2 fully saturated rings. The van der Waals surface area contributed by atoms with E-state index in [1.54, 1.807) is 12.1 Å². The summed E-state index contributed by atoms with van der Waals surface area (Å²) in [5, 5.41) is 0. The minimum Gasteiger partial charge on any atom is -0.332 e. The first-order valence-electron chi connectivity index (χ1n) is 6.91. The molecule has 1 aromatic heterocycles. The van der Waals surface area contributed by atoms with Gasteiger partial charge in [0.1, 0.15) is 17.2 Å². The molecule has 2 aliphatic heterocycles. The fourth-order valence-corrected chi connectivity index (χ4v) is 4.02. The Morgan fingerprint density at radius 1 is 1.20 bits per heavy atom. The quantitative estimate of drug-likeness (QED) is 0.811. The molecule has 0 saturated carbocycles. The van der Waals surface area contributed by atoms with Crippen LogP contribution in [0.2, 0.25) is 0 Å². The van der Waals surface area contributed by atoms with E-state index in [0.717, 1.165) is 35.6 Å². The minimum absolute atomic E-state index is 0.0132. The van der Waals surface area contributed by atoms with E-state index in [4.69, 9.17) is 0 Å². The van der Waals surface area contributed by atoms with E-state index >= 15 is 0 Å². The second kappa shape index (κ2) is 4.48. The number of carbonyl (C=O) groups excluding carboxylic acids is 1.